The zero-order valence-electron chi connectivity index (χ0n) is 9.53. The van der Waals surface area contributed by atoms with Crippen LogP contribution in [0.2, 0.25) is 0 Å². The molecule has 0 aliphatic rings. The van der Waals surface area contributed by atoms with Crippen LogP contribution in [-0.2, 0) is 4.79 Å². The first kappa shape index (κ1) is 15.2. The van der Waals surface area contributed by atoms with Crippen molar-refractivity contribution in [2.24, 2.45) is 0 Å². The van der Waals surface area contributed by atoms with Gasteiger partial charge in [-0.1, -0.05) is 0 Å². The first-order valence-electron chi connectivity index (χ1n) is 5.04. The van der Waals surface area contributed by atoms with E-state index in [0.717, 1.165) is 0 Å². The van der Waals surface area contributed by atoms with Crippen LogP contribution in [0.3, 0.4) is 0 Å². The van der Waals surface area contributed by atoms with E-state index in [4.69, 9.17) is 5.73 Å². The summed E-state index contributed by atoms with van der Waals surface area (Å²) in [6, 6.07) is 6.51. The molecule has 0 aliphatic carbocycles. The maximum atomic E-state index is 11.5. The van der Waals surface area contributed by atoms with Crippen LogP contribution in [0.15, 0.2) is 24.3 Å². The van der Waals surface area contributed by atoms with Crippen molar-refractivity contribution < 1.29 is 9.59 Å². The molecule has 1 aromatic rings. The number of nitrogens with two attached hydrogens (primary N) is 1. The summed E-state index contributed by atoms with van der Waals surface area (Å²) in [5.41, 5.74) is 6.57. The summed E-state index contributed by atoms with van der Waals surface area (Å²) in [4.78, 5) is 22.6. The lowest BCUT2D eigenvalue weighted by molar-refractivity contribution is -0.120. The molecule has 0 bridgehead atoms. The molecule has 17 heavy (non-hydrogen) atoms. The SMILES string of the molecule is CCNC(=O)CNC(=O)c1ccc(N)cc1.Cl. The van der Waals surface area contributed by atoms with Crippen molar-refractivity contribution in [2.75, 3.05) is 18.8 Å². The number of anilines is 1. The Hall–Kier alpha value is -1.75. The van der Waals surface area contributed by atoms with Gasteiger partial charge in [0.2, 0.25) is 5.91 Å². The van der Waals surface area contributed by atoms with Gasteiger partial charge in [-0.15, -0.1) is 12.4 Å². The molecule has 0 saturated carbocycles. The molecule has 0 fully saturated rings. The summed E-state index contributed by atoms with van der Waals surface area (Å²) < 4.78 is 0. The van der Waals surface area contributed by atoms with Gasteiger partial charge in [0, 0.05) is 17.8 Å². The van der Waals surface area contributed by atoms with Crippen LogP contribution in [-0.4, -0.2) is 24.9 Å². The van der Waals surface area contributed by atoms with E-state index in [1.165, 1.54) is 0 Å². The fraction of sp³-hybridized carbons (Fsp3) is 0.273. The van der Waals surface area contributed by atoms with Gasteiger partial charge >= 0.3 is 0 Å². The lowest BCUT2D eigenvalue weighted by Crippen LogP contribution is -2.36. The largest absolute Gasteiger partial charge is 0.399 e. The molecular formula is C11H16ClN3O2. The maximum Gasteiger partial charge on any atom is 0.251 e. The Labute approximate surface area is 106 Å². The second-order valence-electron chi connectivity index (χ2n) is 3.26. The van der Waals surface area contributed by atoms with E-state index in [2.05, 4.69) is 10.6 Å². The molecule has 5 nitrogen and oxygen atoms in total. The number of hydrogen-bond donors (Lipinski definition) is 3. The second kappa shape index (κ2) is 7.51. The highest BCUT2D eigenvalue weighted by molar-refractivity contribution is 5.96. The molecule has 94 valence electrons. The zero-order valence-corrected chi connectivity index (χ0v) is 10.3. The lowest BCUT2D eigenvalue weighted by atomic mass is 10.2. The minimum Gasteiger partial charge on any atom is -0.399 e. The van der Waals surface area contributed by atoms with E-state index >= 15 is 0 Å². The van der Waals surface area contributed by atoms with Gasteiger partial charge in [0.25, 0.3) is 5.91 Å². The molecule has 0 spiro atoms. The third-order valence-corrected chi connectivity index (χ3v) is 1.96. The smallest absolute Gasteiger partial charge is 0.251 e. The van der Waals surface area contributed by atoms with Gasteiger partial charge in [0.05, 0.1) is 6.54 Å². The molecule has 0 radical (unpaired) electrons. The maximum absolute atomic E-state index is 11.5. The summed E-state index contributed by atoms with van der Waals surface area (Å²) in [5, 5.41) is 5.10. The van der Waals surface area contributed by atoms with E-state index in [1.807, 2.05) is 6.92 Å². The number of carbonyl (C=O) groups excluding carboxylic acids is 2. The van der Waals surface area contributed by atoms with Crippen molar-refractivity contribution >= 4 is 29.9 Å². The average Bonchev–Trinajstić information content (AvgIpc) is 2.27. The molecule has 0 atom stereocenters. The van der Waals surface area contributed by atoms with Crippen molar-refractivity contribution in [2.45, 2.75) is 6.92 Å². The first-order valence-corrected chi connectivity index (χ1v) is 5.04. The minimum atomic E-state index is -0.286. The van der Waals surface area contributed by atoms with Crippen LogP contribution in [0.1, 0.15) is 17.3 Å². The summed E-state index contributed by atoms with van der Waals surface area (Å²) in [6.45, 7) is 2.35. The van der Waals surface area contributed by atoms with Crippen LogP contribution in [0, 0.1) is 0 Å². The van der Waals surface area contributed by atoms with Gasteiger partial charge in [-0.25, -0.2) is 0 Å². The number of halogens is 1. The standard InChI is InChI=1S/C11H15N3O2.ClH/c1-2-13-10(15)7-14-11(16)8-3-5-9(12)6-4-8;/h3-6H,2,7,12H2,1H3,(H,13,15)(H,14,16);1H. The van der Waals surface area contributed by atoms with E-state index in [-0.39, 0.29) is 30.8 Å². The van der Waals surface area contributed by atoms with Gasteiger partial charge in [-0.2, -0.15) is 0 Å². The van der Waals surface area contributed by atoms with Gasteiger partial charge in [0.15, 0.2) is 0 Å². The number of benzene rings is 1. The van der Waals surface area contributed by atoms with Crippen molar-refractivity contribution in [3.05, 3.63) is 29.8 Å². The number of rotatable bonds is 4. The molecule has 0 unspecified atom stereocenters. The van der Waals surface area contributed by atoms with Crippen molar-refractivity contribution in [1.82, 2.24) is 10.6 Å². The van der Waals surface area contributed by atoms with Gasteiger partial charge in [0.1, 0.15) is 0 Å². The molecule has 2 amide bonds. The lowest BCUT2D eigenvalue weighted by Gasteiger charge is -2.05. The van der Waals surface area contributed by atoms with Gasteiger partial charge < -0.3 is 16.4 Å². The van der Waals surface area contributed by atoms with Crippen molar-refractivity contribution in [3.8, 4) is 0 Å². The van der Waals surface area contributed by atoms with Crippen molar-refractivity contribution in [1.29, 1.82) is 0 Å². The Morgan fingerprint density at radius 1 is 1.18 bits per heavy atom. The van der Waals surface area contributed by atoms with E-state index in [1.54, 1.807) is 24.3 Å². The Morgan fingerprint density at radius 2 is 1.76 bits per heavy atom. The highest BCUT2D eigenvalue weighted by atomic mass is 35.5. The van der Waals surface area contributed by atoms with Gasteiger partial charge in [-0.3, -0.25) is 9.59 Å². The molecule has 4 N–H and O–H groups in total. The Kier molecular flexibility index (Phi) is 6.74. The number of carbonyl (C=O) groups is 2. The molecular weight excluding hydrogens is 242 g/mol. The number of amides is 2. The highest BCUT2D eigenvalue weighted by Crippen LogP contribution is 2.04. The quantitative estimate of drug-likeness (QED) is 0.689. The molecule has 1 aromatic carbocycles. The molecule has 0 heterocycles. The fourth-order valence-electron chi connectivity index (χ4n) is 1.16. The van der Waals surface area contributed by atoms with Gasteiger partial charge in [-0.05, 0) is 31.2 Å². The van der Waals surface area contributed by atoms with Crippen LogP contribution < -0.4 is 16.4 Å². The predicted octanol–water partition coefficient (Wildman–Crippen LogP) is 0.556. The molecule has 0 saturated heterocycles. The van der Waals surface area contributed by atoms with Crippen LogP contribution >= 0.6 is 12.4 Å². The summed E-state index contributed by atoms with van der Waals surface area (Å²) in [6.07, 6.45) is 0. The molecule has 1 rings (SSSR count). The molecule has 6 heteroatoms. The third-order valence-electron chi connectivity index (χ3n) is 1.96. The number of nitrogen functional groups attached to an aromatic ring is 1. The Balaban J connectivity index is 0.00000256. The van der Waals surface area contributed by atoms with Crippen LogP contribution in [0.5, 0.6) is 0 Å². The van der Waals surface area contributed by atoms with Crippen LogP contribution in [0.25, 0.3) is 0 Å². The Bertz CT molecular complexity index is 379. The molecule has 0 aliphatic heterocycles. The topological polar surface area (TPSA) is 84.2 Å². The summed E-state index contributed by atoms with van der Waals surface area (Å²) >= 11 is 0. The van der Waals surface area contributed by atoms with Crippen LogP contribution in [0.4, 0.5) is 5.69 Å². The van der Waals surface area contributed by atoms with Crippen molar-refractivity contribution in [3.63, 3.8) is 0 Å². The highest BCUT2D eigenvalue weighted by Gasteiger charge is 2.06. The minimum absolute atomic E-state index is 0. The zero-order chi connectivity index (χ0) is 12.0. The normalized spacial score (nSPS) is 9.00. The summed E-state index contributed by atoms with van der Waals surface area (Å²) in [5.74, 6) is -0.488. The van der Waals surface area contributed by atoms with E-state index in [9.17, 15) is 9.59 Å². The predicted molar refractivity (Wildman–Crippen MR) is 69.1 cm³/mol. The Morgan fingerprint density at radius 3 is 2.29 bits per heavy atom. The van der Waals surface area contributed by atoms with E-state index < -0.39 is 0 Å². The number of likely N-dealkylation sites (N-methyl/N-ethyl adjacent to an activating group) is 1. The monoisotopic (exact) mass is 257 g/mol. The first-order chi connectivity index (χ1) is 7.63. The average molecular weight is 258 g/mol. The fourth-order valence-corrected chi connectivity index (χ4v) is 1.16. The summed E-state index contributed by atoms with van der Waals surface area (Å²) in [7, 11) is 0. The number of hydrogen-bond acceptors (Lipinski definition) is 3. The molecule has 0 aromatic heterocycles. The third kappa shape index (κ3) is 5.21. The number of nitrogens with one attached hydrogen (secondary N) is 2. The van der Waals surface area contributed by atoms with E-state index in [0.29, 0.717) is 17.8 Å². The second-order valence-corrected chi connectivity index (χ2v) is 3.26.